The molecule has 0 amide bonds. The number of anilines is 1. The molecule has 2 aromatic carbocycles. The van der Waals surface area contributed by atoms with Crippen LogP contribution in [-0.2, 0) is 0 Å². The van der Waals surface area contributed by atoms with Crippen molar-refractivity contribution >= 4 is 17.3 Å². The Morgan fingerprint density at radius 2 is 1.86 bits per heavy atom. The maximum Gasteiger partial charge on any atom is 0.143 e. The largest absolute Gasteiger partial charge is 0.495 e. The Morgan fingerprint density at radius 3 is 2.52 bits per heavy atom. The average Bonchev–Trinajstić information content (AvgIpc) is 2.46. The lowest BCUT2D eigenvalue weighted by Crippen LogP contribution is -2.34. The van der Waals surface area contributed by atoms with Gasteiger partial charge in [-0.25, -0.2) is 0 Å². The van der Waals surface area contributed by atoms with Crippen molar-refractivity contribution in [3.05, 3.63) is 58.6 Å². The van der Waals surface area contributed by atoms with E-state index in [0.717, 1.165) is 34.9 Å². The molecule has 1 N–H and O–H groups in total. The number of ether oxygens (including phenoxy) is 1. The first-order valence-electron chi connectivity index (χ1n) is 7.33. The SMILES string of the molecule is COc1cc(Cl)c(C)cc1NC1CC(c2ccccc2)C1. The first kappa shape index (κ1) is 14.3. The Kier molecular flexibility index (Phi) is 4.07. The zero-order valence-electron chi connectivity index (χ0n) is 12.4. The molecule has 21 heavy (non-hydrogen) atoms. The molecule has 0 bridgehead atoms. The predicted molar refractivity (Wildman–Crippen MR) is 88.6 cm³/mol. The molecule has 0 spiro atoms. The van der Waals surface area contributed by atoms with Gasteiger partial charge in [0.2, 0.25) is 0 Å². The van der Waals surface area contributed by atoms with Crippen LogP contribution in [0.1, 0.15) is 29.9 Å². The second-order valence-corrected chi connectivity index (χ2v) is 6.13. The summed E-state index contributed by atoms with van der Waals surface area (Å²) in [5.41, 5.74) is 3.55. The first-order chi connectivity index (χ1) is 10.2. The van der Waals surface area contributed by atoms with Gasteiger partial charge in [-0.15, -0.1) is 0 Å². The predicted octanol–water partition coefficient (Wildman–Crippen LogP) is 5.02. The maximum atomic E-state index is 6.14. The number of aryl methyl sites for hydroxylation is 1. The van der Waals surface area contributed by atoms with Crippen LogP contribution >= 0.6 is 11.6 Å². The van der Waals surface area contributed by atoms with E-state index in [4.69, 9.17) is 16.3 Å². The van der Waals surface area contributed by atoms with E-state index in [1.54, 1.807) is 7.11 Å². The number of methoxy groups -OCH3 is 1. The van der Waals surface area contributed by atoms with Crippen LogP contribution in [0.4, 0.5) is 5.69 Å². The molecule has 3 heteroatoms. The summed E-state index contributed by atoms with van der Waals surface area (Å²) in [6, 6.07) is 15.2. The normalized spacial score (nSPS) is 20.7. The molecule has 1 fully saturated rings. The van der Waals surface area contributed by atoms with Crippen molar-refractivity contribution in [3.63, 3.8) is 0 Å². The lowest BCUT2D eigenvalue weighted by Gasteiger charge is -2.37. The molecule has 0 aliphatic heterocycles. The minimum atomic E-state index is 0.504. The fourth-order valence-corrected chi connectivity index (χ4v) is 3.05. The van der Waals surface area contributed by atoms with Gasteiger partial charge in [-0.05, 0) is 42.9 Å². The second kappa shape index (κ2) is 5.98. The standard InChI is InChI=1S/C18H20ClNO/c1-12-8-17(18(21-2)11-16(12)19)20-15-9-14(10-15)13-6-4-3-5-7-13/h3-8,11,14-15,20H,9-10H2,1-2H3. The molecule has 0 radical (unpaired) electrons. The van der Waals surface area contributed by atoms with Crippen molar-refractivity contribution < 1.29 is 4.74 Å². The number of rotatable bonds is 4. The summed E-state index contributed by atoms with van der Waals surface area (Å²) in [6.45, 7) is 2.01. The fraction of sp³-hybridized carbons (Fsp3) is 0.333. The van der Waals surface area contributed by atoms with Crippen molar-refractivity contribution in [2.45, 2.75) is 31.7 Å². The van der Waals surface area contributed by atoms with E-state index in [-0.39, 0.29) is 0 Å². The molecule has 3 rings (SSSR count). The Balaban J connectivity index is 1.66. The van der Waals surface area contributed by atoms with Gasteiger partial charge in [0.05, 0.1) is 12.8 Å². The summed E-state index contributed by atoms with van der Waals surface area (Å²) in [5.74, 6) is 1.48. The highest BCUT2D eigenvalue weighted by atomic mass is 35.5. The van der Waals surface area contributed by atoms with Gasteiger partial charge < -0.3 is 10.1 Å². The van der Waals surface area contributed by atoms with E-state index in [9.17, 15) is 0 Å². The molecular formula is C18H20ClNO. The van der Waals surface area contributed by atoms with Crippen molar-refractivity contribution in [1.82, 2.24) is 0 Å². The number of benzene rings is 2. The minimum Gasteiger partial charge on any atom is -0.495 e. The average molecular weight is 302 g/mol. The van der Waals surface area contributed by atoms with Gasteiger partial charge in [0.25, 0.3) is 0 Å². The van der Waals surface area contributed by atoms with E-state index in [1.807, 2.05) is 13.0 Å². The third-order valence-electron chi connectivity index (χ3n) is 4.25. The summed E-state index contributed by atoms with van der Waals surface area (Å²) < 4.78 is 5.42. The van der Waals surface area contributed by atoms with Gasteiger partial charge in [0, 0.05) is 17.1 Å². The number of nitrogens with one attached hydrogen (secondary N) is 1. The van der Waals surface area contributed by atoms with Crippen LogP contribution in [0.2, 0.25) is 5.02 Å². The van der Waals surface area contributed by atoms with Gasteiger partial charge in [0.15, 0.2) is 0 Å². The lowest BCUT2D eigenvalue weighted by atomic mass is 9.76. The van der Waals surface area contributed by atoms with Crippen molar-refractivity contribution in [2.75, 3.05) is 12.4 Å². The highest BCUT2D eigenvalue weighted by Gasteiger charge is 2.30. The smallest absolute Gasteiger partial charge is 0.143 e. The van der Waals surface area contributed by atoms with E-state index >= 15 is 0 Å². The zero-order chi connectivity index (χ0) is 14.8. The maximum absolute atomic E-state index is 6.14. The molecule has 0 saturated heterocycles. The van der Waals surface area contributed by atoms with E-state index < -0.39 is 0 Å². The molecule has 0 aromatic heterocycles. The van der Waals surface area contributed by atoms with Gasteiger partial charge in [-0.1, -0.05) is 41.9 Å². The molecule has 2 aromatic rings. The summed E-state index contributed by atoms with van der Waals surface area (Å²) in [4.78, 5) is 0. The topological polar surface area (TPSA) is 21.3 Å². The van der Waals surface area contributed by atoms with Gasteiger partial charge in [0.1, 0.15) is 5.75 Å². The summed E-state index contributed by atoms with van der Waals surface area (Å²) in [7, 11) is 1.68. The molecule has 0 heterocycles. The zero-order valence-corrected chi connectivity index (χ0v) is 13.2. The Morgan fingerprint density at radius 1 is 1.14 bits per heavy atom. The Hall–Kier alpha value is -1.67. The van der Waals surface area contributed by atoms with Crippen LogP contribution < -0.4 is 10.1 Å². The quantitative estimate of drug-likeness (QED) is 0.856. The highest BCUT2D eigenvalue weighted by Crippen LogP contribution is 2.40. The van der Waals surface area contributed by atoms with E-state index in [1.165, 1.54) is 5.56 Å². The number of hydrogen-bond donors (Lipinski definition) is 1. The molecule has 0 unspecified atom stereocenters. The van der Waals surface area contributed by atoms with Gasteiger partial charge in [-0.2, -0.15) is 0 Å². The van der Waals surface area contributed by atoms with Crippen LogP contribution in [0, 0.1) is 6.92 Å². The third kappa shape index (κ3) is 3.01. The van der Waals surface area contributed by atoms with Crippen molar-refractivity contribution in [2.24, 2.45) is 0 Å². The van der Waals surface area contributed by atoms with Crippen molar-refractivity contribution in [3.8, 4) is 5.75 Å². The Bertz CT molecular complexity index is 621. The molecule has 110 valence electrons. The lowest BCUT2D eigenvalue weighted by molar-refractivity contribution is 0.370. The molecule has 0 atom stereocenters. The van der Waals surface area contributed by atoms with Gasteiger partial charge >= 0.3 is 0 Å². The second-order valence-electron chi connectivity index (χ2n) is 5.72. The van der Waals surface area contributed by atoms with Crippen LogP contribution in [0.5, 0.6) is 5.75 Å². The van der Waals surface area contributed by atoms with Crippen LogP contribution in [-0.4, -0.2) is 13.2 Å². The first-order valence-corrected chi connectivity index (χ1v) is 7.71. The molecule has 2 nitrogen and oxygen atoms in total. The van der Waals surface area contributed by atoms with E-state index in [0.29, 0.717) is 12.0 Å². The third-order valence-corrected chi connectivity index (χ3v) is 4.66. The molecule has 1 aliphatic carbocycles. The summed E-state index contributed by atoms with van der Waals surface area (Å²) in [6.07, 6.45) is 2.32. The monoisotopic (exact) mass is 301 g/mol. The molecular weight excluding hydrogens is 282 g/mol. The highest BCUT2D eigenvalue weighted by molar-refractivity contribution is 6.31. The number of hydrogen-bond acceptors (Lipinski definition) is 2. The van der Waals surface area contributed by atoms with E-state index in [2.05, 4.69) is 41.7 Å². The number of halogens is 1. The van der Waals surface area contributed by atoms with Crippen LogP contribution in [0.15, 0.2) is 42.5 Å². The van der Waals surface area contributed by atoms with Crippen molar-refractivity contribution in [1.29, 1.82) is 0 Å². The summed E-state index contributed by atoms with van der Waals surface area (Å²) in [5, 5.41) is 4.33. The molecule has 1 aliphatic rings. The van der Waals surface area contributed by atoms with Crippen LogP contribution in [0.25, 0.3) is 0 Å². The Labute approximate surface area is 131 Å². The van der Waals surface area contributed by atoms with Gasteiger partial charge in [-0.3, -0.25) is 0 Å². The summed E-state index contributed by atoms with van der Waals surface area (Å²) >= 11 is 6.14. The minimum absolute atomic E-state index is 0.504. The van der Waals surface area contributed by atoms with Crippen LogP contribution in [0.3, 0.4) is 0 Å². The molecule has 1 saturated carbocycles. The fourth-order valence-electron chi connectivity index (χ4n) is 2.90.